The lowest BCUT2D eigenvalue weighted by atomic mass is 9.98. The third kappa shape index (κ3) is 7.78. The number of hydrogen-bond donors (Lipinski definition) is 0. The first-order valence-electron chi connectivity index (χ1n) is 18.7. The summed E-state index contributed by atoms with van der Waals surface area (Å²) in [6.45, 7) is 3.71. The van der Waals surface area contributed by atoms with Crippen LogP contribution in [0, 0.1) is 0 Å². The average Bonchev–Trinajstić information content (AvgIpc) is 3.70. The zero-order valence-electron chi connectivity index (χ0n) is 32.3. The van der Waals surface area contributed by atoms with Crippen molar-refractivity contribution in [2.24, 2.45) is 0 Å². The van der Waals surface area contributed by atoms with Gasteiger partial charge in [0.25, 0.3) is 0 Å². The van der Waals surface area contributed by atoms with E-state index in [4.69, 9.17) is 33.4 Å². The van der Waals surface area contributed by atoms with Crippen molar-refractivity contribution in [1.29, 1.82) is 0 Å². The maximum absolute atomic E-state index is 5.67. The second kappa shape index (κ2) is 16.7. The molecule has 0 atom stereocenters. The molecule has 1 aliphatic heterocycles. The standard InChI is InChI=1S/C45H51N3O6/c1-49-40-24-35(25-41(50-2)44(40)53-5)33-11-7-9-30(21-33)29-48(38-14-13-32-10-8-12-34(32)23-38)37-16-19-47(20-17-37)28-31-15-18-46-39(22-31)36-26-42(51-3)45(54-6)43(27-36)52-4/h7,9,11,13-15,18,21-27,37H,8,10,12,16-17,19-20,28-29H2,1-6H3. The van der Waals surface area contributed by atoms with E-state index in [1.807, 2.05) is 30.5 Å². The molecule has 282 valence electrons. The first kappa shape index (κ1) is 36.9. The summed E-state index contributed by atoms with van der Waals surface area (Å²) in [7, 11) is 9.83. The Hall–Kier alpha value is -5.41. The third-order valence-electron chi connectivity index (χ3n) is 10.9. The maximum Gasteiger partial charge on any atom is 0.203 e. The fraction of sp³-hybridized carbons (Fsp3) is 0.356. The third-order valence-corrected chi connectivity index (χ3v) is 10.9. The molecule has 0 N–H and O–H groups in total. The van der Waals surface area contributed by atoms with Crippen molar-refractivity contribution < 1.29 is 28.4 Å². The molecule has 0 spiro atoms. The lowest BCUT2D eigenvalue weighted by Gasteiger charge is -2.40. The number of likely N-dealkylation sites (tertiary alicyclic amines) is 1. The number of anilines is 1. The molecule has 0 radical (unpaired) electrons. The summed E-state index contributed by atoms with van der Waals surface area (Å²) < 4.78 is 33.7. The summed E-state index contributed by atoms with van der Waals surface area (Å²) >= 11 is 0. The van der Waals surface area contributed by atoms with Crippen LogP contribution in [0.3, 0.4) is 0 Å². The van der Waals surface area contributed by atoms with Crippen LogP contribution in [0.2, 0.25) is 0 Å². The van der Waals surface area contributed by atoms with E-state index in [0.717, 1.165) is 67.8 Å². The minimum absolute atomic E-state index is 0.415. The van der Waals surface area contributed by atoms with Crippen LogP contribution in [0.1, 0.15) is 41.5 Å². The summed E-state index contributed by atoms with van der Waals surface area (Å²) in [5, 5.41) is 0. The Morgan fingerprint density at radius 1 is 0.611 bits per heavy atom. The number of aromatic nitrogens is 1. The van der Waals surface area contributed by atoms with Crippen molar-refractivity contribution >= 4 is 5.69 Å². The quantitative estimate of drug-likeness (QED) is 0.112. The van der Waals surface area contributed by atoms with Gasteiger partial charge in [0.1, 0.15) is 0 Å². The molecule has 2 heterocycles. The van der Waals surface area contributed by atoms with E-state index >= 15 is 0 Å². The van der Waals surface area contributed by atoms with Crippen LogP contribution >= 0.6 is 0 Å². The van der Waals surface area contributed by atoms with Gasteiger partial charge >= 0.3 is 0 Å². The van der Waals surface area contributed by atoms with Gasteiger partial charge in [-0.3, -0.25) is 9.88 Å². The SMILES string of the molecule is COc1cc(-c2cccc(CN(c3ccc4c(c3)CCC4)C3CCN(Cc4ccnc(-c5cc(OC)c(OC)c(OC)c5)c4)CC3)c2)cc(OC)c1OC. The van der Waals surface area contributed by atoms with Crippen molar-refractivity contribution in [2.75, 3.05) is 60.6 Å². The fourth-order valence-electron chi connectivity index (χ4n) is 8.07. The van der Waals surface area contributed by atoms with Gasteiger partial charge in [0.05, 0.1) is 48.4 Å². The summed E-state index contributed by atoms with van der Waals surface area (Å²) in [6, 6.07) is 28.6. The number of pyridine rings is 1. The minimum Gasteiger partial charge on any atom is -0.493 e. The molecule has 1 aromatic heterocycles. The van der Waals surface area contributed by atoms with Gasteiger partial charge < -0.3 is 33.3 Å². The highest BCUT2D eigenvalue weighted by Crippen LogP contribution is 2.43. The zero-order chi connectivity index (χ0) is 37.6. The molecule has 0 amide bonds. The van der Waals surface area contributed by atoms with Crippen LogP contribution in [-0.2, 0) is 25.9 Å². The van der Waals surface area contributed by atoms with Crippen molar-refractivity contribution in [1.82, 2.24) is 9.88 Å². The van der Waals surface area contributed by atoms with Gasteiger partial charge in [-0.2, -0.15) is 0 Å². The monoisotopic (exact) mass is 729 g/mol. The Morgan fingerprint density at radius 2 is 1.24 bits per heavy atom. The number of aryl methyl sites for hydroxylation is 2. The van der Waals surface area contributed by atoms with Gasteiger partial charge in [-0.25, -0.2) is 0 Å². The van der Waals surface area contributed by atoms with E-state index in [9.17, 15) is 0 Å². The molecule has 9 nitrogen and oxygen atoms in total. The van der Waals surface area contributed by atoms with Gasteiger partial charge in [0.2, 0.25) is 11.5 Å². The number of rotatable bonds is 14. The molecule has 2 aliphatic rings. The Balaban J connectivity index is 1.10. The maximum atomic E-state index is 5.67. The first-order chi connectivity index (χ1) is 26.4. The Bertz CT molecular complexity index is 2030. The van der Waals surface area contributed by atoms with E-state index < -0.39 is 0 Å². The molecule has 54 heavy (non-hydrogen) atoms. The van der Waals surface area contributed by atoms with Crippen LogP contribution < -0.4 is 33.3 Å². The van der Waals surface area contributed by atoms with Gasteiger partial charge in [-0.1, -0.05) is 24.3 Å². The fourth-order valence-corrected chi connectivity index (χ4v) is 8.07. The Morgan fingerprint density at radius 3 is 1.87 bits per heavy atom. The molecule has 4 aromatic carbocycles. The summed E-state index contributed by atoms with van der Waals surface area (Å²) in [4.78, 5) is 9.92. The molecular formula is C45H51N3O6. The van der Waals surface area contributed by atoms with Gasteiger partial charge in [0, 0.05) is 49.7 Å². The predicted molar refractivity (Wildman–Crippen MR) is 214 cm³/mol. The number of methoxy groups -OCH3 is 6. The van der Waals surface area contributed by atoms with E-state index in [1.165, 1.54) is 40.8 Å². The lowest BCUT2D eigenvalue weighted by Crippen LogP contribution is -2.44. The van der Waals surface area contributed by atoms with E-state index in [2.05, 4.69) is 64.4 Å². The highest BCUT2D eigenvalue weighted by molar-refractivity contribution is 5.72. The van der Waals surface area contributed by atoms with Crippen molar-refractivity contribution in [2.45, 2.75) is 51.2 Å². The van der Waals surface area contributed by atoms with E-state index in [1.54, 1.807) is 42.7 Å². The number of piperidine rings is 1. The predicted octanol–water partition coefficient (Wildman–Crippen LogP) is 8.63. The Labute approximate surface area is 319 Å². The molecule has 1 aliphatic carbocycles. The van der Waals surface area contributed by atoms with Crippen LogP contribution in [0.4, 0.5) is 5.69 Å². The largest absolute Gasteiger partial charge is 0.493 e. The summed E-state index contributed by atoms with van der Waals surface area (Å²) in [5.74, 6) is 3.69. The number of benzene rings is 4. The van der Waals surface area contributed by atoms with Crippen LogP contribution in [0.25, 0.3) is 22.4 Å². The van der Waals surface area contributed by atoms with E-state index in [0.29, 0.717) is 40.5 Å². The lowest BCUT2D eigenvalue weighted by molar-refractivity contribution is 0.201. The van der Waals surface area contributed by atoms with Gasteiger partial charge in [-0.15, -0.1) is 0 Å². The molecule has 9 heteroatoms. The highest BCUT2D eigenvalue weighted by atomic mass is 16.5. The number of fused-ring (bicyclic) bond motifs is 1. The molecule has 0 unspecified atom stereocenters. The van der Waals surface area contributed by atoms with Crippen molar-refractivity contribution in [3.8, 4) is 56.9 Å². The Kier molecular flexibility index (Phi) is 11.4. The van der Waals surface area contributed by atoms with Gasteiger partial charge in [0.15, 0.2) is 23.0 Å². The normalized spacial score (nSPS) is 14.3. The van der Waals surface area contributed by atoms with Crippen LogP contribution in [-0.4, -0.2) is 71.7 Å². The number of nitrogens with zero attached hydrogens (tertiary/aromatic N) is 3. The second-order valence-electron chi connectivity index (χ2n) is 14.0. The molecular weight excluding hydrogens is 679 g/mol. The molecule has 7 rings (SSSR count). The smallest absolute Gasteiger partial charge is 0.203 e. The number of ether oxygens (including phenoxy) is 6. The number of hydrogen-bond acceptors (Lipinski definition) is 9. The summed E-state index contributed by atoms with van der Waals surface area (Å²) in [6.07, 6.45) is 7.63. The van der Waals surface area contributed by atoms with Crippen LogP contribution in [0.5, 0.6) is 34.5 Å². The van der Waals surface area contributed by atoms with E-state index in [-0.39, 0.29) is 0 Å². The zero-order valence-corrected chi connectivity index (χ0v) is 32.3. The topological polar surface area (TPSA) is 74.8 Å². The molecule has 1 saturated heterocycles. The summed E-state index contributed by atoms with van der Waals surface area (Å²) in [5.41, 5.74) is 10.7. The molecule has 0 saturated carbocycles. The first-order valence-corrected chi connectivity index (χ1v) is 18.7. The average molecular weight is 730 g/mol. The van der Waals surface area contributed by atoms with Gasteiger partial charge in [-0.05, 0) is 120 Å². The van der Waals surface area contributed by atoms with Crippen molar-refractivity contribution in [3.05, 3.63) is 107 Å². The molecule has 5 aromatic rings. The second-order valence-corrected chi connectivity index (χ2v) is 14.0. The minimum atomic E-state index is 0.415. The van der Waals surface area contributed by atoms with Crippen molar-refractivity contribution in [3.63, 3.8) is 0 Å². The highest BCUT2D eigenvalue weighted by Gasteiger charge is 2.27. The molecule has 1 fully saturated rings. The van der Waals surface area contributed by atoms with Crippen LogP contribution in [0.15, 0.2) is 85.1 Å². The molecule has 0 bridgehead atoms.